The minimum atomic E-state index is -0.330. The summed E-state index contributed by atoms with van der Waals surface area (Å²) in [5.41, 5.74) is 2.44. The first-order valence-corrected chi connectivity index (χ1v) is 10.2. The van der Waals surface area contributed by atoms with Crippen molar-refractivity contribution in [2.24, 2.45) is 0 Å². The molecule has 1 aliphatic rings. The van der Waals surface area contributed by atoms with Crippen LogP contribution < -0.4 is 10.1 Å². The number of anilines is 1. The van der Waals surface area contributed by atoms with Crippen molar-refractivity contribution < 1.29 is 19.1 Å². The van der Waals surface area contributed by atoms with Crippen molar-refractivity contribution >= 4 is 40.7 Å². The van der Waals surface area contributed by atoms with Crippen LogP contribution in [-0.2, 0) is 20.9 Å². The number of carbonyl (C=O) groups is 3. The Labute approximate surface area is 173 Å². The smallest absolute Gasteiger partial charge is 0.268 e. The number of imide groups is 1. The highest BCUT2D eigenvalue weighted by atomic mass is 32.2. The van der Waals surface area contributed by atoms with E-state index in [1.54, 1.807) is 37.4 Å². The molecule has 29 heavy (non-hydrogen) atoms. The standard InChI is InChI=1S/C22H22N2O4S/c1-4-29-20-19(15-9-11-17(12-10-15)23-14(2)25)21(26)24(22(20)27)13-16-7-5-6-8-18(16)28-3/h5-12H,4,13H2,1-3H3,(H,23,25). The lowest BCUT2D eigenvalue weighted by Crippen LogP contribution is -2.31. The number of carbonyl (C=O) groups excluding carboxylic acids is 3. The van der Waals surface area contributed by atoms with Gasteiger partial charge in [-0.25, -0.2) is 0 Å². The van der Waals surface area contributed by atoms with Crippen molar-refractivity contribution in [2.75, 3.05) is 18.2 Å². The van der Waals surface area contributed by atoms with Gasteiger partial charge < -0.3 is 10.1 Å². The summed E-state index contributed by atoms with van der Waals surface area (Å²) in [6, 6.07) is 14.3. The summed E-state index contributed by atoms with van der Waals surface area (Å²) in [5, 5.41) is 2.70. The fraction of sp³-hybridized carbons (Fsp3) is 0.227. The summed E-state index contributed by atoms with van der Waals surface area (Å²) >= 11 is 1.36. The van der Waals surface area contributed by atoms with Gasteiger partial charge in [0.05, 0.1) is 24.1 Å². The van der Waals surface area contributed by atoms with E-state index in [0.29, 0.717) is 33.2 Å². The monoisotopic (exact) mass is 410 g/mol. The number of para-hydroxylation sites is 1. The Morgan fingerprint density at radius 2 is 1.76 bits per heavy atom. The molecule has 0 aliphatic carbocycles. The van der Waals surface area contributed by atoms with Crippen LogP contribution in [0.25, 0.3) is 5.57 Å². The average Bonchev–Trinajstić information content (AvgIpc) is 2.93. The predicted molar refractivity (Wildman–Crippen MR) is 114 cm³/mol. The predicted octanol–water partition coefficient (Wildman–Crippen LogP) is 3.69. The van der Waals surface area contributed by atoms with Crippen LogP contribution in [0.1, 0.15) is 25.0 Å². The topological polar surface area (TPSA) is 75.7 Å². The van der Waals surface area contributed by atoms with E-state index in [1.165, 1.54) is 23.6 Å². The van der Waals surface area contributed by atoms with Gasteiger partial charge in [-0.15, -0.1) is 11.8 Å². The third-order valence-electron chi connectivity index (χ3n) is 4.43. The van der Waals surface area contributed by atoms with E-state index in [0.717, 1.165) is 5.56 Å². The molecule has 6 nitrogen and oxygen atoms in total. The lowest BCUT2D eigenvalue weighted by molar-refractivity contribution is -0.137. The van der Waals surface area contributed by atoms with Crippen molar-refractivity contribution in [3.05, 3.63) is 64.6 Å². The fourth-order valence-electron chi connectivity index (χ4n) is 3.16. The first kappa shape index (κ1) is 20.7. The Morgan fingerprint density at radius 3 is 2.38 bits per heavy atom. The molecule has 150 valence electrons. The van der Waals surface area contributed by atoms with Crippen LogP contribution in [0.2, 0.25) is 0 Å². The Morgan fingerprint density at radius 1 is 1.07 bits per heavy atom. The number of methoxy groups -OCH3 is 1. The molecule has 2 aromatic carbocycles. The molecule has 0 spiro atoms. The van der Waals surface area contributed by atoms with E-state index in [9.17, 15) is 14.4 Å². The second kappa shape index (κ2) is 8.96. The Bertz CT molecular complexity index is 983. The number of amides is 3. The van der Waals surface area contributed by atoms with Crippen molar-refractivity contribution in [3.63, 3.8) is 0 Å². The zero-order chi connectivity index (χ0) is 21.0. The van der Waals surface area contributed by atoms with Gasteiger partial charge in [-0.05, 0) is 29.5 Å². The molecule has 0 atom stereocenters. The highest BCUT2D eigenvalue weighted by molar-refractivity contribution is 8.04. The summed E-state index contributed by atoms with van der Waals surface area (Å²) in [7, 11) is 1.56. The third-order valence-corrected chi connectivity index (χ3v) is 5.39. The maximum atomic E-state index is 13.2. The number of ether oxygens (including phenoxy) is 1. The maximum absolute atomic E-state index is 13.2. The number of thioether (sulfide) groups is 1. The van der Waals surface area contributed by atoms with Gasteiger partial charge in [0.15, 0.2) is 0 Å². The van der Waals surface area contributed by atoms with Gasteiger partial charge in [-0.2, -0.15) is 0 Å². The lowest BCUT2D eigenvalue weighted by Gasteiger charge is -2.17. The number of benzene rings is 2. The summed E-state index contributed by atoms with van der Waals surface area (Å²) < 4.78 is 5.35. The van der Waals surface area contributed by atoms with E-state index >= 15 is 0 Å². The fourth-order valence-corrected chi connectivity index (χ4v) is 4.03. The summed E-state index contributed by atoms with van der Waals surface area (Å²) in [4.78, 5) is 39.1. The van der Waals surface area contributed by atoms with Gasteiger partial charge in [-0.1, -0.05) is 37.3 Å². The Balaban J connectivity index is 1.93. The van der Waals surface area contributed by atoms with Gasteiger partial charge in [0.25, 0.3) is 11.8 Å². The van der Waals surface area contributed by atoms with Crippen molar-refractivity contribution in [1.82, 2.24) is 4.90 Å². The Kier molecular flexibility index (Phi) is 6.39. The zero-order valence-electron chi connectivity index (χ0n) is 16.5. The number of rotatable bonds is 7. The molecule has 0 radical (unpaired) electrons. The molecular formula is C22H22N2O4S. The molecule has 1 N–H and O–H groups in total. The van der Waals surface area contributed by atoms with Crippen LogP contribution in [0, 0.1) is 0 Å². The molecule has 0 saturated heterocycles. The molecule has 1 heterocycles. The molecule has 0 fully saturated rings. The molecule has 3 amide bonds. The molecule has 0 unspecified atom stereocenters. The van der Waals surface area contributed by atoms with Gasteiger partial charge in [0, 0.05) is 18.2 Å². The van der Waals surface area contributed by atoms with Crippen molar-refractivity contribution in [2.45, 2.75) is 20.4 Å². The molecule has 7 heteroatoms. The van der Waals surface area contributed by atoms with Crippen LogP contribution in [0.4, 0.5) is 5.69 Å². The van der Waals surface area contributed by atoms with E-state index in [2.05, 4.69) is 5.32 Å². The highest BCUT2D eigenvalue weighted by Crippen LogP contribution is 2.37. The quantitative estimate of drug-likeness (QED) is 0.705. The Hall–Kier alpha value is -3.06. The molecule has 2 aromatic rings. The molecule has 3 rings (SSSR count). The molecule has 0 bridgehead atoms. The van der Waals surface area contributed by atoms with Crippen LogP contribution >= 0.6 is 11.8 Å². The first-order valence-electron chi connectivity index (χ1n) is 9.19. The van der Waals surface area contributed by atoms with Crippen LogP contribution in [0.3, 0.4) is 0 Å². The summed E-state index contributed by atoms with van der Waals surface area (Å²) in [5.74, 6) is 0.502. The van der Waals surface area contributed by atoms with Gasteiger partial charge in [0.2, 0.25) is 5.91 Å². The molecule has 0 saturated carbocycles. The van der Waals surface area contributed by atoms with Crippen molar-refractivity contribution in [3.8, 4) is 5.75 Å². The van der Waals surface area contributed by atoms with E-state index in [-0.39, 0.29) is 24.3 Å². The minimum Gasteiger partial charge on any atom is -0.496 e. The normalized spacial score (nSPS) is 13.8. The maximum Gasteiger partial charge on any atom is 0.268 e. The second-order valence-electron chi connectivity index (χ2n) is 6.40. The zero-order valence-corrected chi connectivity index (χ0v) is 17.3. The van der Waals surface area contributed by atoms with Gasteiger partial charge in [-0.3, -0.25) is 19.3 Å². The van der Waals surface area contributed by atoms with Gasteiger partial charge in [0.1, 0.15) is 5.75 Å². The number of nitrogens with one attached hydrogen (secondary N) is 1. The molecule has 1 aliphatic heterocycles. The number of hydrogen-bond acceptors (Lipinski definition) is 5. The van der Waals surface area contributed by atoms with Crippen LogP contribution in [-0.4, -0.2) is 35.5 Å². The average molecular weight is 410 g/mol. The van der Waals surface area contributed by atoms with Crippen LogP contribution in [0.15, 0.2) is 53.4 Å². The SMILES string of the molecule is CCSC1=C(c2ccc(NC(C)=O)cc2)C(=O)N(Cc2ccccc2OC)C1=O. The van der Waals surface area contributed by atoms with E-state index in [4.69, 9.17) is 4.74 Å². The van der Waals surface area contributed by atoms with Crippen molar-refractivity contribution in [1.29, 1.82) is 0 Å². The molecule has 0 aromatic heterocycles. The van der Waals surface area contributed by atoms with E-state index < -0.39 is 0 Å². The van der Waals surface area contributed by atoms with Gasteiger partial charge >= 0.3 is 0 Å². The summed E-state index contributed by atoms with van der Waals surface area (Å²) in [6.07, 6.45) is 0. The largest absolute Gasteiger partial charge is 0.496 e. The molecular weight excluding hydrogens is 388 g/mol. The summed E-state index contributed by atoms with van der Waals surface area (Å²) in [6.45, 7) is 3.51. The number of hydrogen-bond donors (Lipinski definition) is 1. The minimum absolute atomic E-state index is 0.142. The number of nitrogens with zero attached hydrogens (tertiary/aromatic N) is 1. The van der Waals surface area contributed by atoms with Crippen LogP contribution in [0.5, 0.6) is 5.75 Å². The lowest BCUT2D eigenvalue weighted by atomic mass is 10.1. The first-order chi connectivity index (χ1) is 14.0. The highest BCUT2D eigenvalue weighted by Gasteiger charge is 2.39. The third kappa shape index (κ3) is 4.35. The van der Waals surface area contributed by atoms with E-state index in [1.807, 2.05) is 25.1 Å². The second-order valence-corrected chi connectivity index (χ2v) is 7.68.